The molecule has 2 rings (SSSR count). The Morgan fingerprint density at radius 2 is 1.90 bits per heavy atom. The van der Waals surface area contributed by atoms with Crippen molar-refractivity contribution in [2.75, 3.05) is 18.0 Å². The van der Waals surface area contributed by atoms with E-state index in [1.165, 1.54) is 12.8 Å². The molecule has 0 radical (unpaired) electrons. The first-order chi connectivity index (χ1) is 9.32. The Morgan fingerprint density at radius 1 is 1.30 bits per heavy atom. The molecule has 1 aliphatic rings. The fourth-order valence-electron chi connectivity index (χ4n) is 2.83. The molecule has 0 aromatic carbocycles. The van der Waals surface area contributed by atoms with Crippen LogP contribution in [0.5, 0.6) is 0 Å². The van der Waals surface area contributed by atoms with E-state index in [1.807, 2.05) is 0 Å². The van der Waals surface area contributed by atoms with Crippen molar-refractivity contribution in [1.29, 1.82) is 0 Å². The number of aldehydes is 1. The molecular weight excluding hydrogens is 268 g/mol. The Kier molecular flexibility index (Phi) is 4.52. The third kappa shape index (κ3) is 3.22. The maximum Gasteiger partial charge on any atom is 0.186 e. The molecular formula is C16H26N2OS. The number of anilines is 1. The lowest BCUT2D eigenvalue weighted by atomic mass is 9.87. The number of aromatic nitrogens is 1. The van der Waals surface area contributed by atoms with E-state index in [1.54, 1.807) is 11.3 Å². The average molecular weight is 294 g/mol. The highest BCUT2D eigenvalue weighted by Crippen LogP contribution is 2.35. The van der Waals surface area contributed by atoms with Crippen LogP contribution in [0.3, 0.4) is 0 Å². The van der Waals surface area contributed by atoms with Gasteiger partial charge in [-0.15, -0.1) is 0 Å². The summed E-state index contributed by atoms with van der Waals surface area (Å²) in [5, 5.41) is 1.03. The van der Waals surface area contributed by atoms with Crippen molar-refractivity contribution in [3.05, 3.63) is 10.6 Å². The molecule has 0 amide bonds. The van der Waals surface area contributed by atoms with E-state index in [2.05, 4.69) is 39.5 Å². The highest BCUT2D eigenvalue weighted by atomic mass is 32.1. The van der Waals surface area contributed by atoms with Crippen LogP contribution >= 0.6 is 11.3 Å². The van der Waals surface area contributed by atoms with Gasteiger partial charge in [0.05, 0.1) is 10.6 Å². The number of nitrogens with zero attached hydrogens (tertiary/aromatic N) is 2. The molecule has 1 fully saturated rings. The van der Waals surface area contributed by atoms with Crippen LogP contribution in [0, 0.1) is 11.8 Å². The van der Waals surface area contributed by atoms with Gasteiger partial charge in [0.25, 0.3) is 0 Å². The van der Waals surface area contributed by atoms with Crippen molar-refractivity contribution >= 4 is 22.8 Å². The van der Waals surface area contributed by atoms with Crippen LogP contribution in [0.15, 0.2) is 0 Å². The van der Waals surface area contributed by atoms with Crippen molar-refractivity contribution in [3.63, 3.8) is 0 Å². The quantitative estimate of drug-likeness (QED) is 0.786. The lowest BCUT2D eigenvalue weighted by Crippen LogP contribution is -2.35. The number of rotatable bonds is 3. The second-order valence-corrected chi connectivity index (χ2v) is 8.15. The minimum Gasteiger partial charge on any atom is -0.348 e. The standard InChI is InChI=1S/C16H26N2OS/c1-11(2)12-6-8-18(9-7-12)15-17-14(16(3,4)5)13(10-19)20-15/h10-12H,6-9H2,1-5H3. The Labute approximate surface area is 126 Å². The van der Waals surface area contributed by atoms with Crippen LogP contribution in [0.1, 0.15) is 62.8 Å². The van der Waals surface area contributed by atoms with E-state index >= 15 is 0 Å². The van der Waals surface area contributed by atoms with Gasteiger partial charge in [-0.3, -0.25) is 4.79 Å². The van der Waals surface area contributed by atoms with Gasteiger partial charge in [-0.1, -0.05) is 46.0 Å². The van der Waals surface area contributed by atoms with Gasteiger partial charge in [-0.2, -0.15) is 0 Å². The summed E-state index contributed by atoms with van der Waals surface area (Å²) in [7, 11) is 0. The van der Waals surface area contributed by atoms with E-state index < -0.39 is 0 Å². The largest absolute Gasteiger partial charge is 0.348 e. The predicted octanol–water partition coefficient (Wildman–Crippen LogP) is 4.13. The van der Waals surface area contributed by atoms with Gasteiger partial charge >= 0.3 is 0 Å². The van der Waals surface area contributed by atoms with Gasteiger partial charge < -0.3 is 4.90 Å². The molecule has 0 unspecified atom stereocenters. The molecule has 3 nitrogen and oxygen atoms in total. The van der Waals surface area contributed by atoms with Gasteiger partial charge in [-0.05, 0) is 24.7 Å². The van der Waals surface area contributed by atoms with Crippen molar-refractivity contribution in [3.8, 4) is 0 Å². The van der Waals surface area contributed by atoms with E-state index in [4.69, 9.17) is 4.98 Å². The summed E-state index contributed by atoms with van der Waals surface area (Å²) in [5.41, 5.74) is 0.875. The number of carbonyl (C=O) groups is 1. The minimum atomic E-state index is -0.0682. The van der Waals surface area contributed by atoms with Crippen molar-refractivity contribution < 1.29 is 4.79 Å². The zero-order valence-electron chi connectivity index (χ0n) is 13.3. The smallest absolute Gasteiger partial charge is 0.186 e. The zero-order chi connectivity index (χ0) is 14.9. The summed E-state index contributed by atoms with van der Waals surface area (Å²) in [6, 6.07) is 0. The van der Waals surface area contributed by atoms with E-state index in [9.17, 15) is 4.79 Å². The second kappa shape index (κ2) is 5.84. The fraction of sp³-hybridized carbons (Fsp3) is 0.750. The Morgan fingerprint density at radius 3 is 2.30 bits per heavy atom. The van der Waals surface area contributed by atoms with Crippen LogP contribution in [0.25, 0.3) is 0 Å². The summed E-state index contributed by atoms with van der Waals surface area (Å²) < 4.78 is 0. The van der Waals surface area contributed by atoms with Gasteiger partial charge in [0.1, 0.15) is 0 Å². The Hall–Kier alpha value is -0.900. The number of thiazole rings is 1. The molecule has 0 bridgehead atoms. The molecule has 1 saturated heterocycles. The van der Waals surface area contributed by atoms with E-state index in [-0.39, 0.29) is 5.41 Å². The lowest BCUT2D eigenvalue weighted by Gasteiger charge is -2.33. The van der Waals surface area contributed by atoms with E-state index in [0.717, 1.165) is 46.9 Å². The molecule has 0 saturated carbocycles. The summed E-state index contributed by atoms with van der Waals surface area (Å²) in [4.78, 5) is 19.2. The summed E-state index contributed by atoms with van der Waals surface area (Å²) in [6.45, 7) is 13.1. The SMILES string of the molecule is CC(C)C1CCN(c2nc(C(C)(C)C)c(C=O)s2)CC1. The molecule has 4 heteroatoms. The van der Waals surface area contributed by atoms with Gasteiger partial charge in [0.15, 0.2) is 11.4 Å². The summed E-state index contributed by atoms with van der Waals surface area (Å²) in [5.74, 6) is 1.60. The maximum atomic E-state index is 11.3. The molecule has 1 aromatic rings. The fourth-order valence-corrected chi connectivity index (χ4v) is 3.97. The first-order valence-electron chi connectivity index (χ1n) is 7.54. The third-order valence-electron chi connectivity index (χ3n) is 4.21. The van der Waals surface area contributed by atoms with Crippen LogP contribution in [-0.2, 0) is 5.41 Å². The van der Waals surface area contributed by atoms with E-state index in [0.29, 0.717) is 0 Å². The van der Waals surface area contributed by atoms with Gasteiger partial charge in [0, 0.05) is 18.5 Å². The monoisotopic (exact) mass is 294 g/mol. The molecule has 0 spiro atoms. The van der Waals surface area contributed by atoms with Crippen molar-refractivity contribution in [1.82, 2.24) is 4.98 Å². The molecule has 0 atom stereocenters. The van der Waals surface area contributed by atoms with Crippen molar-refractivity contribution in [2.24, 2.45) is 11.8 Å². The first kappa shape index (κ1) is 15.5. The lowest BCUT2D eigenvalue weighted by molar-refractivity contribution is 0.112. The number of carbonyl (C=O) groups excluding carboxylic acids is 1. The molecule has 0 aliphatic carbocycles. The van der Waals surface area contributed by atoms with Crippen LogP contribution < -0.4 is 4.90 Å². The zero-order valence-corrected chi connectivity index (χ0v) is 14.1. The normalized spacial score (nSPS) is 17.8. The summed E-state index contributed by atoms with van der Waals surface area (Å²) in [6.07, 6.45) is 3.43. The highest BCUT2D eigenvalue weighted by Gasteiger charge is 2.27. The van der Waals surface area contributed by atoms with Crippen molar-refractivity contribution in [2.45, 2.75) is 52.9 Å². The van der Waals surface area contributed by atoms with Crippen LogP contribution in [0.4, 0.5) is 5.13 Å². The molecule has 2 heterocycles. The number of hydrogen-bond acceptors (Lipinski definition) is 4. The minimum absolute atomic E-state index is 0.0682. The molecule has 112 valence electrons. The van der Waals surface area contributed by atoms with Gasteiger partial charge in [-0.25, -0.2) is 4.98 Å². The highest BCUT2D eigenvalue weighted by molar-refractivity contribution is 7.17. The maximum absolute atomic E-state index is 11.3. The number of hydrogen-bond donors (Lipinski definition) is 0. The average Bonchev–Trinajstić information content (AvgIpc) is 2.83. The van der Waals surface area contributed by atoms with Crippen LogP contribution in [0.2, 0.25) is 0 Å². The summed E-state index contributed by atoms with van der Waals surface area (Å²) >= 11 is 1.55. The number of piperidine rings is 1. The molecule has 20 heavy (non-hydrogen) atoms. The first-order valence-corrected chi connectivity index (χ1v) is 8.36. The second-order valence-electron chi connectivity index (χ2n) is 7.15. The predicted molar refractivity (Wildman–Crippen MR) is 86.0 cm³/mol. The van der Waals surface area contributed by atoms with Crippen LogP contribution in [-0.4, -0.2) is 24.4 Å². The Balaban J connectivity index is 2.15. The van der Waals surface area contributed by atoms with Gasteiger partial charge in [0.2, 0.25) is 0 Å². The molecule has 1 aliphatic heterocycles. The Bertz CT molecular complexity index is 465. The molecule has 0 N–H and O–H groups in total. The third-order valence-corrected chi connectivity index (χ3v) is 5.25. The topological polar surface area (TPSA) is 33.2 Å². The molecule has 1 aromatic heterocycles.